The molecule has 180 valence electrons. The first kappa shape index (κ1) is 22.5. The van der Waals surface area contributed by atoms with Crippen molar-refractivity contribution >= 4 is 28.9 Å². The van der Waals surface area contributed by atoms with Gasteiger partial charge in [0.05, 0.1) is 18.3 Å². The minimum atomic E-state index is -0.751. The molecule has 5 rings (SSSR count). The van der Waals surface area contributed by atoms with E-state index in [4.69, 9.17) is 4.74 Å². The van der Waals surface area contributed by atoms with E-state index in [1.54, 1.807) is 32.4 Å². The van der Waals surface area contributed by atoms with Gasteiger partial charge in [-0.3, -0.25) is 9.59 Å². The summed E-state index contributed by atoms with van der Waals surface area (Å²) in [7, 11) is 3.32. The normalized spacial score (nSPS) is 17.1. The second-order valence-corrected chi connectivity index (χ2v) is 8.02. The molecule has 0 aromatic carbocycles. The van der Waals surface area contributed by atoms with E-state index in [2.05, 4.69) is 31.0 Å². The molecule has 0 unspecified atom stereocenters. The number of nitrogens with one attached hydrogen (secondary N) is 3. The highest BCUT2D eigenvalue weighted by atomic mass is 19.1. The molecule has 12 heteroatoms. The third kappa shape index (κ3) is 4.08. The molecule has 0 spiro atoms. The summed E-state index contributed by atoms with van der Waals surface area (Å²) in [5.74, 6) is -0.122. The number of aromatic nitrogens is 5. The molecule has 4 aromatic rings. The molecule has 3 N–H and O–H groups in total. The molecule has 4 aromatic heterocycles. The maximum absolute atomic E-state index is 14.5. The van der Waals surface area contributed by atoms with E-state index < -0.39 is 11.5 Å². The van der Waals surface area contributed by atoms with Crippen LogP contribution in [0.2, 0.25) is 0 Å². The Labute approximate surface area is 199 Å². The number of hydrogen-bond donors (Lipinski definition) is 3. The summed E-state index contributed by atoms with van der Waals surface area (Å²) < 4.78 is 22.2. The van der Waals surface area contributed by atoms with E-state index in [1.165, 1.54) is 35.1 Å². The van der Waals surface area contributed by atoms with Gasteiger partial charge in [0.1, 0.15) is 28.7 Å². The van der Waals surface area contributed by atoms with Crippen molar-refractivity contribution in [1.82, 2.24) is 29.5 Å². The number of ether oxygens (including phenoxy) is 1. The number of rotatable bonds is 7. The fourth-order valence-corrected chi connectivity index (χ4v) is 3.98. The second kappa shape index (κ2) is 9.14. The number of carbonyl (C=O) groups excluding carboxylic acids is 1. The molecule has 0 aliphatic heterocycles. The number of amides is 1. The van der Waals surface area contributed by atoms with Gasteiger partial charge in [0, 0.05) is 26.4 Å². The van der Waals surface area contributed by atoms with Crippen LogP contribution in [0, 0.1) is 5.95 Å². The van der Waals surface area contributed by atoms with E-state index in [-0.39, 0.29) is 46.6 Å². The van der Waals surface area contributed by atoms with Crippen LogP contribution in [0.5, 0.6) is 0 Å². The quantitative estimate of drug-likeness (QED) is 0.345. The predicted octanol–water partition coefficient (Wildman–Crippen LogP) is 2.11. The highest BCUT2D eigenvalue weighted by molar-refractivity contribution is 6.00. The van der Waals surface area contributed by atoms with Gasteiger partial charge in [0.2, 0.25) is 5.95 Å². The van der Waals surface area contributed by atoms with E-state index in [0.29, 0.717) is 5.82 Å². The summed E-state index contributed by atoms with van der Waals surface area (Å²) in [5.41, 5.74) is 0.00605. The fourth-order valence-electron chi connectivity index (χ4n) is 3.98. The molecule has 4 heterocycles. The molecule has 2 atom stereocenters. The molecule has 11 nitrogen and oxygen atoms in total. The van der Waals surface area contributed by atoms with Crippen molar-refractivity contribution in [3.05, 3.63) is 70.7 Å². The highest BCUT2D eigenvalue weighted by Crippen LogP contribution is 2.25. The highest BCUT2D eigenvalue weighted by Gasteiger charge is 2.33. The summed E-state index contributed by atoms with van der Waals surface area (Å²) in [4.78, 5) is 34.6. The average molecular weight is 478 g/mol. The molecule has 35 heavy (non-hydrogen) atoms. The molecule has 1 saturated carbocycles. The van der Waals surface area contributed by atoms with Gasteiger partial charge < -0.3 is 20.7 Å². The molecule has 0 radical (unpaired) electrons. The van der Waals surface area contributed by atoms with Crippen LogP contribution in [0.15, 0.2) is 53.6 Å². The van der Waals surface area contributed by atoms with Crippen molar-refractivity contribution in [2.24, 2.45) is 0 Å². The van der Waals surface area contributed by atoms with Crippen molar-refractivity contribution in [3.8, 4) is 5.82 Å². The first-order chi connectivity index (χ1) is 17.0. The summed E-state index contributed by atoms with van der Waals surface area (Å²) >= 11 is 0. The average Bonchev–Trinajstić information content (AvgIpc) is 3.28. The van der Waals surface area contributed by atoms with Crippen LogP contribution in [-0.4, -0.2) is 56.4 Å². The summed E-state index contributed by atoms with van der Waals surface area (Å²) in [6.07, 6.45) is 4.62. The smallest absolute Gasteiger partial charge is 0.282 e. The molecule has 1 aliphatic rings. The first-order valence-corrected chi connectivity index (χ1v) is 11.0. The number of fused-ring (bicyclic) bond motifs is 1. The maximum atomic E-state index is 14.5. The van der Waals surface area contributed by atoms with Crippen LogP contribution in [0.1, 0.15) is 23.2 Å². The summed E-state index contributed by atoms with van der Waals surface area (Å²) in [6, 6.07) is 8.91. The van der Waals surface area contributed by atoms with Gasteiger partial charge in [-0.05, 0) is 37.1 Å². The number of anilines is 3. The van der Waals surface area contributed by atoms with E-state index >= 15 is 0 Å². The topological polar surface area (TPSA) is 127 Å². The molecule has 1 amide bonds. The summed E-state index contributed by atoms with van der Waals surface area (Å²) in [6.45, 7) is 0. The van der Waals surface area contributed by atoms with Crippen molar-refractivity contribution in [2.45, 2.75) is 25.0 Å². The zero-order valence-electron chi connectivity index (χ0n) is 19.0. The maximum Gasteiger partial charge on any atom is 0.282 e. The number of carbonyl (C=O) groups is 1. The van der Waals surface area contributed by atoms with Crippen molar-refractivity contribution in [1.29, 1.82) is 0 Å². The zero-order valence-corrected chi connectivity index (χ0v) is 19.0. The second-order valence-electron chi connectivity index (χ2n) is 8.02. The minimum absolute atomic E-state index is 0.0152. The van der Waals surface area contributed by atoms with Gasteiger partial charge in [-0.2, -0.15) is 14.0 Å². The third-order valence-electron chi connectivity index (χ3n) is 5.98. The number of nitrogens with zero attached hydrogens (tertiary/aromatic N) is 5. The van der Waals surface area contributed by atoms with Gasteiger partial charge in [0.15, 0.2) is 5.65 Å². The molecule has 1 aliphatic carbocycles. The number of halogens is 1. The summed E-state index contributed by atoms with van der Waals surface area (Å²) in [5, 5.41) is 13.2. The Hall–Kier alpha value is -4.32. The van der Waals surface area contributed by atoms with E-state index in [0.717, 1.165) is 17.4 Å². The van der Waals surface area contributed by atoms with Gasteiger partial charge in [0.25, 0.3) is 11.5 Å². The van der Waals surface area contributed by atoms with Crippen LogP contribution in [-0.2, 0) is 4.74 Å². The van der Waals surface area contributed by atoms with Crippen LogP contribution < -0.4 is 21.5 Å². The van der Waals surface area contributed by atoms with Crippen molar-refractivity contribution in [3.63, 3.8) is 0 Å². The number of hydrogen-bond acceptors (Lipinski definition) is 8. The fraction of sp³-hybridized carbons (Fsp3) is 0.261. The molecule has 1 fully saturated rings. The lowest BCUT2D eigenvalue weighted by molar-refractivity contribution is 0.00732. The lowest BCUT2D eigenvalue weighted by Crippen LogP contribution is -2.51. The number of methoxy groups -OCH3 is 1. The third-order valence-corrected chi connectivity index (χ3v) is 5.98. The van der Waals surface area contributed by atoms with Gasteiger partial charge in [-0.1, -0.05) is 6.07 Å². The zero-order chi connectivity index (χ0) is 24.5. The van der Waals surface area contributed by atoms with Crippen molar-refractivity contribution < 1.29 is 13.9 Å². The van der Waals surface area contributed by atoms with Crippen LogP contribution in [0.25, 0.3) is 11.5 Å². The van der Waals surface area contributed by atoms with Crippen LogP contribution in [0.3, 0.4) is 0 Å². The largest absolute Gasteiger partial charge is 0.379 e. The SMILES string of the molecule is CNc1cc(Nc2ccc(F)n(-c3ccccn3)c2=O)nc2c(C(=O)N[C@@H]3CC[C@H]3OC)cnn12. The Balaban J connectivity index is 1.50. The first-order valence-electron chi connectivity index (χ1n) is 11.0. The monoisotopic (exact) mass is 478 g/mol. The lowest BCUT2D eigenvalue weighted by atomic mass is 9.89. The Morgan fingerprint density at radius 2 is 2.09 bits per heavy atom. The Morgan fingerprint density at radius 3 is 2.77 bits per heavy atom. The van der Waals surface area contributed by atoms with E-state index in [9.17, 15) is 14.0 Å². The van der Waals surface area contributed by atoms with Gasteiger partial charge >= 0.3 is 0 Å². The molecular weight excluding hydrogens is 455 g/mol. The van der Waals surface area contributed by atoms with Gasteiger partial charge in [-0.15, -0.1) is 0 Å². The van der Waals surface area contributed by atoms with Gasteiger partial charge in [-0.25, -0.2) is 14.5 Å². The van der Waals surface area contributed by atoms with Crippen LogP contribution in [0.4, 0.5) is 21.7 Å². The number of pyridine rings is 2. The minimum Gasteiger partial charge on any atom is -0.379 e. The molecular formula is C23H23FN8O3. The van der Waals surface area contributed by atoms with Crippen molar-refractivity contribution in [2.75, 3.05) is 24.8 Å². The lowest BCUT2D eigenvalue weighted by Gasteiger charge is -2.35. The Morgan fingerprint density at radius 1 is 1.23 bits per heavy atom. The van der Waals surface area contributed by atoms with E-state index in [1.807, 2.05) is 0 Å². The predicted molar refractivity (Wildman–Crippen MR) is 127 cm³/mol. The van der Waals surface area contributed by atoms with Crippen LogP contribution >= 0.6 is 0 Å². The Bertz CT molecular complexity index is 1450. The molecule has 0 bridgehead atoms. The molecule has 0 saturated heterocycles. The Kier molecular flexibility index (Phi) is 5.87. The standard InChI is InChI=1S/C23H23FN8O3/c1-25-20-11-18(28-15-7-9-17(24)31(23(15)34)19-5-3-4-10-26-19)30-21-13(12-27-32(20)21)22(33)29-14-6-8-16(14)35-2/h3-5,7,9-12,14,16,25H,6,8H2,1-2H3,(H,28,30)(H,29,33)/t14-,16-/m1/s1.